The Hall–Kier alpha value is -3.44. The number of nitrogens with one attached hydrogen (secondary N) is 1. The molecule has 1 aromatic heterocycles. The van der Waals surface area contributed by atoms with Crippen LogP contribution in [0.2, 0.25) is 0 Å². The summed E-state index contributed by atoms with van der Waals surface area (Å²) in [6, 6.07) is 13.2. The number of H-pyrrole nitrogens is 1. The van der Waals surface area contributed by atoms with E-state index in [0.29, 0.717) is 5.56 Å². The molecule has 0 saturated carbocycles. The Bertz CT molecular complexity index is 1140. The molecule has 3 aromatic rings. The molecule has 124 valence electrons. The number of aromatic nitrogens is 1. The van der Waals surface area contributed by atoms with Crippen molar-refractivity contribution in [1.29, 1.82) is 5.26 Å². The van der Waals surface area contributed by atoms with Gasteiger partial charge in [0.25, 0.3) is 5.69 Å². The van der Waals surface area contributed by atoms with E-state index >= 15 is 0 Å². The van der Waals surface area contributed by atoms with Crippen LogP contribution in [0.15, 0.2) is 64.5 Å². The van der Waals surface area contributed by atoms with Gasteiger partial charge in [0, 0.05) is 23.8 Å². The molecule has 0 saturated heterocycles. The lowest BCUT2D eigenvalue weighted by Crippen LogP contribution is -2.03. The Kier molecular flexibility index (Phi) is 4.09. The van der Waals surface area contributed by atoms with Gasteiger partial charge < -0.3 is 4.98 Å². The molecule has 2 aromatic carbocycles. The molecule has 0 unspecified atom stereocenters. The molecular formula is C17H11N3O4S. The number of benzene rings is 2. The van der Waals surface area contributed by atoms with Crippen molar-refractivity contribution in [2.75, 3.05) is 0 Å². The van der Waals surface area contributed by atoms with Crippen molar-refractivity contribution in [1.82, 2.24) is 4.98 Å². The molecule has 0 radical (unpaired) electrons. The summed E-state index contributed by atoms with van der Waals surface area (Å²) in [5.74, 6) is 0. The second-order valence-electron chi connectivity index (χ2n) is 5.20. The second kappa shape index (κ2) is 6.22. The van der Waals surface area contributed by atoms with E-state index in [1.54, 1.807) is 30.5 Å². The third-order valence-electron chi connectivity index (χ3n) is 3.63. The lowest BCUT2D eigenvalue weighted by Gasteiger charge is -2.03. The summed E-state index contributed by atoms with van der Waals surface area (Å²) < 4.78 is 25.2. The van der Waals surface area contributed by atoms with Crippen LogP contribution in [0.3, 0.4) is 0 Å². The zero-order valence-electron chi connectivity index (χ0n) is 12.7. The minimum Gasteiger partial charge on any atom is -0.361 e. The van der Waals surface area contributed by atoms with Crippen LogP contribution in [0.4, 0.5) is 5.69 Å². The monoisotopic (exact) mass is 353 g/mol. The smallest absolute Gasteiger partial charge is 0.269 e. The summed E-state index contributed by atoms with van der Waals surface area (Å²) in [5.41, 5.74) is 1.24. The van der Waals surface area contributed by atoms with Crippen LogP contribution < -0.4 is 0 Å². The van der Waals surface area contributed by atoms with Crippen LogP contribution in [-0.2, 0) is 9.84 Å². The van der Waals surface area contributed by atoms with Gasteiger partial charge >= 0.3 is 0 Å². The molecular weight excluding hydrogens is 342 g/mol. The number of allylic oxidation sites excluding steroid dienone is 1. The molecule has 0 aliphatic rings. The molecule has 0 spiro atoms. The first-order valence-electron chi connectivity index (χ1n) is 7.10. The van der Waals surface area contributed by atoms with Crippen molar-refractivity contribution in [2.24, 2.45) is 0 Å². The van der Waals surface area contributed by atoms with Crippen molar-refractivity contribution in [2.45, 2.75) is 4.90 Å². The van der Waals surface area contributed by atoms with Crippen LogP contribution in [0.1, 0.15) is 5.56 Å². The number of hydrogen-bond donors (Lipinski definition) is 1. The lowest BCUT2D eigenvalue weighted by molar-refractivity contribution is -0.384. The average Bonchev–Trinajstić information content (AvgIpc) is 3.07. The third-order valence-corrected chi connectivity index (χ3v) is 5.31. The van der Waals surface area contributed by atoms with Gasteiger partial charge in [-0.1, -0.05) is 6.07 Å². The van der Waals surface area contributed by atoms with E-state index in [9.17, 15) is 23.8 Å². The first-order valence-corrected chi connectivity index (χ1v) is 8.58. The SMILES string of the molecule is N#C/C(=C/c1ccc2[nH]ccc2c1)S(=O)(=O)c1ccc([N+](=O)[O-])cc1. The fraction of sp³-hybridized carbons (Fsp3) is 0. The highest BCUT2D eigenvalue weighted by atomic mass is 32.2. The number of nitro benzene ring substituents is 1. The third kappa shape index (κ3) is 3.13. The highest BCUT2D eigenvalue weighted by Crippen LogP contribution is 2.24. The molecule has 8 heteroatoms. The number of nitro groups is 1. The van der Waals surface area contributed by atoms with Gasteiger partial charge in [-0.25, -0.2) is 8.42 Å². The topological polar surface area (TPSA) is 117 Å². The first-order chi connectivity index (χ1) is 11.9. The molecule has 0 atom stereocenters. The molecule has 0 aliphatic carbocycles. The molecule has 3 rings (SSSR count). The zero-order chi connectivity index (χ0) is 18.0. The Labute approximate surface area is 142 Å². The standard InChI is InChI=1S/C17H11N3O4S/c18-11-16(10-12-1-6-17-13(9-12)7-8-19-17)25(23,24)15-4-2-14(3-5-15)20(21)22/h1-10,19H/b16-10-. The predicted octanol–water partition coefficient (Wildman–Crippen LogP) is 3.41. The summed E-state index contributed by atoms with van der Waals surface area (Å²) >= 11 is 0. The average molecular weight is 353 g/mol. The van der Waals surface area contributed by atoms with Crippen LogP contribution in [0.25, 0.3) is 17.0 Å². The number of aromatic amines is 1. The number of non-ortho nitro benzene ring substituents is 1. The number of hydrogen-bond acceptors (Lipinski definition) is 5. The maximum Gasteiger partial charge on any atom is 0.269 e. The molecule has 0 amide bonds. The number of nitrogens with zero attached hydrogens (tertiary/aromatic N) is 2. The number of rotatable bonds is 4. The highest BCUT2D eigenvalue weighted by Gasteiger charge is 2.21. The largest absolute Gasteiger partial charge is 0.361 e. The normalized spacial score (nSPS) is 12.0. The molecule has 1 heterocycles. The number of fused-ring (bicyclic) bond motifs is 1. The van der Waals surface area contributed by atoms with Crippen molar-refractivity contribution < 1.29 is 13.3 Å². The minimum atomic E-state index is -4.06. The van der Waals surface area contributed by atoms with Crippen molar-refractivity contribution in [3.63, 3.8) is 0 Å². The van der Waals surface area contributed by atoms with E-state index in [4.69, 9.17) is 0 Å². The second-order valence-corrected chi connectivity index (χ2v) is 7.12. The number of nitriles is 1. The van der Waals surface area contributed by atoms with Crippen LogP contribution in [0.5, 0.6) is 0 Å². The van der Waals surface area contributed by atoms with Gasteiger partial charge in [-0.15, -0.1) is 0 Å². The van der Waals surface area contributed by atoms with E-state index < -0.39 is 19.7 Å². The molecule has 0 bridgehead atoms. The fourth-order valence-corrected chi connectivity index (χ4v) is 3.52. The van der Waals surface area contributed by atoms with Gasteiger partial charge in [0.15, 0.2) is 0 Å². The Balaban J connectivity index is 2.03. The van der Waals surface area contributed by atoms with E-state index in [2.05, 4.69) is 4.98 Å². The number of sulfone groups is 1. The highest BCUT2D eigenvalue weighted by molar-refractivity contribution is 7.95. The maximum absolute atomic E-state index is 12.6. The first kappa shape index (κ1) is 16.4. The van der Waals surface area contributed by atoms with Crippen LogP contribution in [-0.4, -0.2) is 18.3 Å². The van der Waals surface area contributed by atoms with Gasteiger partial charge in [-0.05, 0) is 47.4 Å². The summed E-state index contributed by atoms with van der Waals surface area (Å²) in [7, 11) is -4.06. The van der Waals surface area contributed by atoms with E-state index in [1.807, 2.05) is 6.07 Å². The molecule has 7 nitrogen and oxygen atoms in total. The van der Waals surface area contributed by atoms with E-state index in [1.165, 1.54) is 6.08 Å². The zero-order valence-corrected chi connectivity index (χ0v) is 13.5. The van der Waals surface area contributed by atoms with Gasteiger partial charge in [-0.3, -0.25) is 10.1 Å². The van der Waals surface area contributed by atoms with Gasteiger partial charge in [0.1, 0.15) is 11.0 Å². The van der Waals surface area contributed by atoms with Gasteiger partial charge in [-0.2, -0.15) is 5.26 Å². The maximum atomic E-state index is 12.6. The Morgan fingerprint density at radius 1 is 1.16 bits per heavy atom. The molecule has 0 fully saturated rings. The Morgan fingerprint density at radius 2 is 1.88 bits per heavy atom. The van der Waals surface area contributed by atoms with E-state index in [-0.39, 0.29) is 10.6 Å². The van der Waals surface area contributed by atoms with Gasteiger partial charge in [0.05, 0.1) is 9.82 Å². The fourth-order valence-electron chi connectivity index (χ4n) is 2.36. The summed E-state index contributed by atoms with van der Waals surface area (Å²) in [4.78, 5) is 12.5. The predicted molar refractivity (Wildman–Crippen MR) is 92.2 cm³/mol. The molecule has 0 aliphatic heterocycles. The van der Waals surface area contributed by atoms with Crippen molar-refractivity contribution in [3.05, 3.63) is 75.3 Å². The molecule has 1 N–H and O–H groups in total. The van der Waals surface area contributed by atoms with Gasteiger partial charge in [0.2, 0.25) is 9.84 Å². The summed E-state index contributed by atoms with van der Waals surface area (Å²) in [5, 5.41) is 20.8. The van der Waals surface area contributed by atoms with Crippen molar-refractivity contribution in [3.8, 4) is 6.07 Å². The van der Waals surface area contributed by atoms with Crippen molar-refractivity contribution >= 4 is 32.5 Å². The summed E-state index contributed by atoms with van der Waals surface area (Å²) in [6.45, 7) is 0. The van der Waals surface area contributed by atoms with E-state index in [0.717, 1.165) is 35.2 Å². The minimum absolute atomic E-state index is 0.173. The summed E-state index contributed by atoms with van der Waals surface area (Å²) in [6.07, 6.45) is 3.04. The quantitative estimate of drug-likeness (QED) is 0.438. The van der Waals surface area contributed by atoms with Crippen LogP contribution >= 0.6 is 0 Å². The Morgan fingerprint density at radius 3 is 2.52 bits per heavy atom. The van der Waals surface area contributed by atoms with Crippen LogP contribution in [0, 0.1) is 21.4 Å². The lowest BCUT2D eigenvalue weighted by atomic mass is 10.1. The molecule has 25 heavy (non-hydrogen) atoms.